The van der Waals surface area contributed by atoms with Crippen molar-refractivity contribution < 1.29 is 4.79 Å². The molecule has 21 heavy (non-hydrogen) atoms. The van der Waals surface area contributed by atoms with Crippen LogP contribution in [0.2, 0.25) is 0 Å². The molecule has 3 nitrogen and oxygen atoms in total. The Labute approximate surface area is 133 Å². The number of amides is 1. The van der Waals surface area contributed by atoms with Crippen molar-refractivity contribution >= 4 is 38.3 Å². The van der Waals surface area contributed by atoms with Crippen LogP contribution in [0.3, 0.4) is 0 Å². The minimum Gasteiger partial charge on any atom is -0.328 e. The van der Waals surface area contributed by atoms with E-state index in [2.05, 4.69) is 27.3 Å². The predicted octanol–water partition coefficient (Wildman–Crippen LogP) is 4.06. The number of fused-ring (bicyclic) bond motifs is 1. The van der Waals surface area contributed by atoms with Gasteiger partial charge in [-0.1, -0.05) is 40.2 Å². The van der Waals surface area contributed by atoms with Gasteiger partial charge in [0.1, 0.15) is 0 Å². The summed E-state index contributed by atoms with van der Waals surface area (Å²) >= 11 is 3.55. The van der Waals surface area contributed by atoms with Gasteiger partial charge in [0, 0.05) is 27.5 Å². The molecule has 0 aromatic heterocycles. The first-order valence-electron chi connectivity index (χ1n) is 7.39. The Hall–Kier alpha value is -1.39. The minimum atomic E-state index is 0.0900. The van der Waals surface area contributed by atoms with Crippen LogP contribution in [0.15, 0.2) is 40.9 Å². The molecule has 3 rings (SSSR count). The standard InChI is InChI=1S/C17H19BrN2O/c18-15-9-10-16(14-4-2-1-3-13(14)15)20-17(21)11-5-7-12(19)8-6-11/h1-4,9-12H,5-8,19H2,(H,20,21). The molecule has 1 amide bonds. The maximum Gasteiger partial charge on any atom is 0.227 e. The molecule has 2 aromatic rings. The van der Waals surface area contributed by atoms with E-state index in [-0.39, 0.29) is 17.9 Å². The molecule has 0 aliphatic heterocycles. The Morgan fingerprint density at radius 1 is 1.05 bits per heavy atom. The van der Waals surface area contributed by atoms with E-state index in [1.807, 2.05) is 30.3 Å². The van der Waals surface area contributed by atoms with Gasteiger partial charge in [-0.2, -0.15) is 0 Å². The third kappa shape index (κ3) is 3.11. The van der Waals surface area contributed by atoms with E-state index >= 15 is 0 Å². The van der Waals surface area contributed by atoms with Crippen LogP contribution in [0.4, 0.5) is 5.69 Å². The Balaban J connectivity index is 1.82. The maximum absolute atomic E-state index is 12.4. The molecule has 1 aliphatic carbocycles. The van der Waals surface area contributed by atoms with Gasteiger partial charge in [-0.05, 0) is 43.2 Å². The van der Waals surface area contributed by atoms with E-state index in [1.54, 1.807) is 0 Å². The fourth-order valence-electron chi connectivity index (χ4n) is 2.99. The van der Waals surface area contributed by atoms with Crippen molar-refractivity contribution in [2.75, 3.05) is 5.32 Å². The SMILES string of the molecule is NC1CCC(C(=O)Nc2ccc(Br)c3ccccc23)CC1. The molecular weight excluding hydrogens is 328 g/mol. The Kier molecular flexibility index (Phi) is 4.27. The fourth-order valence-corrected chi connectivity index (χ4v) is 3.47. The lowest BCUT2D eigenvalue weighted by atomic mass is 9.86. The molecule has 0 spiro atoms. The zero-order valence-corrected chi connectivity index (χ0v) is 13.4. The van der Waals surface area contributed by atoms with Gasteiger partial charge in [-0.3, -0.25) is 4.79 Å². The predicted molar refractivity (Wildman–Crippen MR) is 90.2 cm³/mol. The fraction of sp³-hybridized carbons (Fsp3) is 0.353. The maximum atomic E-state index is 12.4. The number of hydrogen-bond donors (Lipinski definition) is 2. The number of carbonyl (C=O) groups excluding carboxylic acids is 1. The van der Waals surface area contributed by atoms with E-state index in [9.17, 15) is 4.79 Å². The summed E-state index contributed by atoms with van der Waals surface area (Å²) < 4.78 is 1.04. The summed E-state index contributed by atoms with van der Waals surface area (Å²) in [6, 6.07) is 12.3. The molecule has 4 heteroatoms. The largest absolute Gasteiger partial charge is 0.328 e. The average Bonchev–Trinajstić information content (AvgIpc) is 2.51. The molecule has 0 saturated heterocycles. The summed E-state index contributed by atoms with van der Waals surface area (Å²) in [5.41, 5.74) is 6.79. The second kappa shape index (κ2) is 6.16. The van der Waals surface area contributed by atoms with Gasteiger partial charge in [-0.15, -0.1) is 0 Å². The summed E-state index contributed by atoms with van der Waals surface area (Å²) in [5, 5.41) is 5.27. The summed E-state index contributed by atoms with van der Waals surface area (Å²) in [6.45, 7) is 0. The number of benzene rings is 2. The molecule has 0 unspecified atom stereocenters. The van der Waals surface area contributed by atoms with Gasteiger partial charge < -0.3 is 11.1 Å². The van der Waals surface area contributed by atoms with Crippen LogP contribution >= 0.6 is 15.9 Å². The zero-order chi connectivity index (χ0) is 14.8. The molecule has 0 radical (unpaired) electrons. The molecule has 3 N–H and O–H groups in total. The number of anilines is 1. The highest BCUT2D eigenvalue weighted by Crippen LogP contribution is 2.31. The highest BCUT2D eigenvalue weighted by atomic mass is 79.9. The van der Waals surface area contributed by atoms with Crippen LogP contribution in [0.1, 0.15) is 25.7 Å². The third-order valence-electron chi connectivity index (χ3n) is 4.27. The number of hydrogen-bond acceptors (Lipinski definition) is 2. The number of nitrogens with one attached hydrogen (secondary N) is 1. The molecule has 1 fully saturated rings. The van der Waals surface area contributed by atoms with Crippen molar-refractivity contribution in [1.82, 2.24) is 0 Å². The summed E-state index contributed by atoms with van der Waals surface area (Å²) in [7, 11) is 0. The van der Waals surface area contributed by atoms with Crippen molar-refractivity contribution in [1.29, 1.82) is 0 Å². The Morgan fingerprint density at radius 3 is 2.43 bits per heavy atom. The van der Waals surface area contributed by atoms with E-state index in [0.717, 1.165) is 46.6 Å². The first-order valence-corrected chi connectivity index (χ1v) is 8.18. The van der Waals surface area contributed by atoms with E-state index < -0.39 is 0 Å². The Bertz CT molecular complexity index is 663. The van der Waals surface area contributed by atoms with Crippen LogP contribution in [0.25, 0.3) is 10.8 Å². The van der Waals surface area contributed by atoms with Crippen LogP contribution in [0, 0.1) is 5.92 Å². The van der Waals surface area contributed by atoms with Crippen molar-refractivity contribution in [3.05, 3.63) is 40.9 Å². The number of halogens is 1. The summed E-state index contributed by atoms with van der Waals surface area (Å²) in [4.78, 5) is 12.4. The summed E-state index contributed by atoms with van der Waals surface area (Å²) in [5.74, 6) is 0.210. The molecule has 1 aliphatic rings. The van der Waals surface area contributed by atoms with E-state index in [1.165, 1.54) is 0 Å². The topological polar surface area (TPSA) is 55.1 Å². The van der Waals surface area contributed by atoms with E-state index in [4.69, 9.17) is 5.73 Å². The minimum absolute atomic E-state index is 0.0900. The van der Waals surface area contributed by atoms with Gasteiger partial charge in [0.05, 0.1) is 0 Å². The van der Waals surface area contributed by atoms with Crippen LogP contribution < -0.4 is 11.1 Å². The zero-order valence-electron chi connectivity index (χ0n) is 11.8. The lowest BCUT2D eigenvalue weighted by Gasteiger charge is -2.25. The number of nitrogens with two attached hydrogens (primary N) is 1. The first-order chi connectivity index (χ1) is 10.1. The van der Waals surface area contributed by atoms with Gasteiger partial charge >= 0.3 is 0 Å². The quantitative estimate of drug-likeness (QED) is 0.861. The number of rotatable bonds is 2. The molecule has 2 aromatic carbocycles. The van der Waals surface area contributed by atoms with Crippen molar-refractivity contribution in [3.8, 4) is 0 Å². The van der Waals surface area contributed by atoms with Crippen molar-refractivity contribution in [3.63, 3.8) is 0 Å². The molecule has 0 bridgehead atoms. The molecule has 0 atom stereocenters. The average molecular weight is 347 g/mol. The van der Waals surface area contributed by atoms with Crippen LogP contribution in [-0.4, -0.2) is 11.9 Å². The molecular formula is C17H19BrN2O. The van der Waals surface area contributed by atoms with E-state index in [0.29, 0.717) is 0 Å². The molecule has 0 heterocycles. The Morgan fingerprint density at radius 2 is 1.71 bits per heavy atom. The second-order valence-corrected chi connectivity index (χ2v) is 6.60. The van der Waals surface area contributed by atoms with Gasteiger partial charge in [0.2, 0.25) is 5.91 Å². The molecule has 110 valence electrons. The second-order valence-electron chi connectivity index (χ2n) is 5.74. The van der Waals surface area contributed by atoms with Crippen LogP contribution in [0.5, 0.6) is 0 Å². The monoisotopic (exact) mass is 346 g/mol. The highest BCUT2D eigenvalue weighted by molar-refractivity contribution is 9.10. The van der Waals surface area contributed by atoms with Crippen LogP contribution in [-0.2, 0) is 4.79 Å². The molecule has 1 saturated carbocycles. The lowest BCUT2D eigenvalue weighted by molar-refractivity contribution is -0.120. The summed E-state index contributed by atoms with van der Waals surface area (Å²) in [6.07, 6.45) is 3.67. The van der Waals surface area contributed by atoms with Gasteiger partial charge in [0.15, 0.2) is 0 Å². The third-order valence-corrected chi connectivity index (χ3v) is 4.96. The lowest BCUT2D eigenvalue weighted by Crippen LogP contribution is -2.32. The van der Waals surface area contributed by atoms with Gasteiger partial charge in [-0.25, -0.2) is 0 Å². The number of carbonyl (C=O) groups is 1. The van der Waals surface area contributed by atoms with Crippen molar-refractivity contribution in [2.45, 2.75) is 31.7 Å². The van der Waals surface area contributed by atoms with Gasteiger partial charge in [0.25, 0.3) is 0 Å². The smallest absolute Gasteiger partial charge is 0.227 e. The first kappa shape index (κ1) is 14.5. The normalized spacial score (nSPS) is 22.2. The van der Waals surface area contributed by atoms with Crippen molar-refractivity contribution in [2.24, 2.45) is 11.7 Å². The highest BCUT2D eigenvalue weighted by Gasteiger charge is 2.24.